The highest BCUT2D eigenvalue weighted by Gasteiger charge is 1.95. The average molecular weight is 226 g/mol. The van der Waals surface area contributed by atoms with E-state index in [1.165, 1.54) is 11.1 Å². The van der Waals surface area contributed by atoms with Gasteiger partial charge in [-0.2, -0.15) is 0 Å². The Morgan fingerprint density at radius 3 is 1.24 bits per heavy atom. The van der Waals surface area contributed by atoms with E-state index in [1.807, 2.05) is 48.5 Å². The van der Waals surface area contributed by atoms with Gasteiger partial charge in [0.2, 0.25) is 0 Å². The van der Waals surface area contributed by atoms with E-state index >= 15 is 0 Å². The second-order valence-corrected chi connectivity index (χ2v) is 3.66. The van der Waals surface area contributed by atoms with Crippen molar-refractivity contribution < 1.29 is 0 Å². The molecule has 0 aliphatic rings. The Bertz CT molecular complexity index is 400. The van der Waals surface area contributed by atoms with Gasteiger partial charge in [-0.05, 0) is 41.8 Å². The number of anilines is 2. The summed E-state index contributed by atoms with van der Waals surface area (Å²) in [5.41, 5.74) is 15.4. The van der Waals surface area contributed by atoms with E-state index in [1.54, 1.807) is 0 Å². The molecule has 0 atom stereocenters. The maximum atomic E-state index is 5.62. The van der Waals surface area contributed by atoms with Gasteiger partial charge in [-0.25, -0.2) is 0 Å². The molecular weight excluding hydrogens is 208 g/mol. The number of nitrogen functional groups attached to an aromatic ring is 2. The summed E-state index contributed by atoms with van der Waals surface area (Å²) in [5, 5.41) is 0. The highest BCUT2D eigenvalue weighted by atomic mass is 14.5. The molecule has 0 spiro atoms. The predicted octanol–water partition coefficient (Wildman–Crippen LogP) is 3.24. The molecule has 0 bridgehead atoms. The molecule has 17 heavy (non-hydrogen) atoms. The molecule has 0 fully saturated rings. The van der Waals surface area contributed by atoms with Gasteiger partial charge in [0.05, 0.1) is 0 Å². The third kappa shape index (κ3) is 4.03. The first-order chi connectivity index (χ1) is 8.24. The number of nitrogens with two attached hydrogens (primary N) is 2. The highest BCUT2D eigenvalue weighted by Crippen LogP contribution is 2.13. The molecule has 0 amide bonds. The summed E-state index contributed by atoms with van der Waals surface area (Å²) in [6.07, 6.45) is 0.917. The van der Waals surface area contributed by atoms with E-state index < -0.39 is 0 Å². The monoisotopic (exact) mass is 226 g/mol. The van der Waals surface area contributed by atoms with E-state index in [-0.39, 0.29) is 0 Å². The van der Waals surface area contributed by atoms with Crippen LogP contribution in [0, 0.1) is 0 Å². The Morgan fingerprint density at radius 2 is 0.941 bits per heavy atom. The number of hydrogen-bond acceptors (Lipinski definition) is 2. The number of benzene rings is 2. The van der Waals surface area contributed by atoms with Crippen molar-refractivity contribution in [3.63, 3.8) is 0 Å². The molecule has 2 heteroatoms. The molecule has 0 aliphatic heterocycles. The molecule has 2 aromatic carbocycles. The van der Waals surface area contributed by atoms with Crippen molar-refractivity contribution in [2.45, 2.75) is 6.42 Å². The Morgan fingerprint density at radius 1 is 0.647 bits per heavy atom. The van der Waals surface area contributed by atoms with Crippen molar-refractivity contribution in [3.8, 4) is 0 Å². The number of rotatable bonds is 2. The smallest absolute Gasteiger partial charge is 0.0314 e. The van der Waals surface area contributed by atoms with Crippen LogP contribution in [-0.2, 0) is 6.42 Å². The molecule has 0 radical (unpaired) electrons. The summed E-state index contributed by atoms with van der Waals surface area (Å²) >= 11 is 0. The number of hydrogen-bond donors (Lipinski definition) is 2. The molecule has 0 aliphatic carbocycles. The first-order valence-electron chi connectivity index (χ1n) is 5.43. The summed E-state index contributed by atoms with van der Waals surface area (Å²) in [5.74, 6) is 0. The fraction of sp³-hybridized carbons (Fsp3) is 0.0667. The maximum absolute atomic E-state index is 5.62. The second-order valence-electron chi connectivity index (χ2n) is 3.66. The van der Waals surface area contributed by atoms with E-state index in [9.17, 15) is 0 Å². The zero-order valence-electron chi connectivity index (χ0n) is 9.89. The zero-order chi connectivity index (χ0) is 12.7. The zero-order valence-corrected chi connectivity index (χ0v) is 9.89. The molecule has 0 saturated heterocycles. The van der Waals surface area contributed by atoms with Crippen molar-refractivity contribution in [1.29, 1.82) is 0 Å². The van der Waals surface area contributed by atoms with E-state index in [0.717, 1.165) is 17.8 Å². The quantitative estimate of drug-likeness (QED) is 0.610. The van der Waals surface area contributed by atoms with Crippen LogP contribution in [0.3, 0.4) is 0 Å². The van der Waals surface area contributed by atoms with Crippen LogP contribution in [0.2, 0.25) is 0 Å². The van der Waals surface area contributed by atoms with Crippen LogP contribution >= 0.6 is 0 Å². The average Bonchev–Trinajstić information content (AvgIpc) is 2.37. The lowest BCUT2D eigenvalue weighted by molar-refractivity contribution is 1.19. The van der Waals surface area contributed by atoms with Gasteiger partial charge in [0.15, 0.2) is 0 Å². The molecule has 2 rings (SSSR count). The minimum absolute atomic E-state index is 0.802. The van der Waals surface area contributed by atoms with Crippen molar-refractivity contribution in [2.24, 2.45) is 0 Å². The van der Waals surface area contributed by atoms with Crippen molar-refractivity contribution in [2.75, 3.05) is 11.5 Å². The molecule has 0 saturated carbocycles. The molecule has 0 heterocycles. The standard InChI is InChI=1S/C13H14N2.C2H4/c14-12-5-1-10(2-6-12)9-11-3-7-13(15)8-4-11;1-2/h1-8H,9,14-15H2;1-2H2. The maximum Gasteiger partial charge on any atom is 0.0314 e. The largest absolute Gasteiger partial charge is 0.399 e. The van der Waals surface area contributed by atoms with Gasteiger partial charge in [-0.15, -0.1) is 13.2 Å². The van der Waals surface area contributed by atoms with E-state index in [2.05, 4.69) is 13.2 Å². The van der Waals surface area contributed by atoms with E-state index in [0.29, 0.717) is 0 Å². The summed E-state index contributed by atoms with van der Waals surface area (Å²) in [4.78, 5) is 0. The predicted molar refractivity (Wildman–Crippen MR) is 75.8 cm³/mol. The van der Waals surface area contributed by atoms with Crippen LogP contribution in [0.25, 0.3) is 0 Å². The van der Waals surface area contributed by atoms with Crippen LogP contribution in [0.4, 0.5) is 11.4 Å². The van der Waals surface area contributed by atoms with Gasteiger partial charge in [-0.1, -0.05) is 24.3 Å². The third-order valence-electron chi connectivity index (χ3n) is 2.37. The normalized spacial score (nSPS) is 9.18. The third-order valence-corrected chi connectivity index (χ3v) is 2.37. The second kappa shape index (κ2) is 6.38. The Labute approximate surface area is 103 Å². The van der Waals surface area contributed by atoms with E-state index in [4.69, 9.17) is 11.5 Å². The lowest BCUT2D eigenvalue weighted by atomic mass is 10.0. The lowest BCUT2D eigenvalue weighted by Crippen LogP contribution is -1.90. The van der Waals surface area contributed by atoms with Gasteiger partial charge in [-0.3, -0.25) is 0 Å². The first-order valence-corrected chi connectivity index (χ1v) is 5.43. The topological polar surface area (TPSA) is 52.0 Å². The SMILES string of the molecule is C=C.Nc1ccc(Cc2ccc(N)cc2)cc1. The molecule has 4 N–H and O–H groups in total. The van der Waals surface area contributed by atoms with Gasteiger partial charge in [0.25, 0.3) is 0 Å². The van der Waals surface area contributed by atoms with Gasteiger partial charge in [0, 0.05) is 11.4 Å². The van der Waals surface area contributed by atoms with Crippen molar-refractivity contribution >= 4 is 11.4 Å². The summed E-state index contributed by atoms with van der Waals surface area (Å²) in [7, 11) is 0. The van der Waals surface area contributed by atoms with Gasteiger partial charge >= 0.3 is 0 Å². The first kappa shape index (κ1) is 12.8. The Kier molecular flexibility index (Phi) is 4.82. The van der Waals surface area contributed by atoms with Crippen molar-refractivity contribution in [1.82, 2.24) is 0 Å². The van der Waals surface area contributed by atoms with Gasteiger partial charge < -0.3 is 11.5 Å². The molecular formula is C15H18N2. The summed E-state index contributed by atoms with van der Waals surface area (Å²) in [6.45, 7) is 6.00. The minimum Gasteiger partial charge on any atom is -0.399 e. The van der Waals surface area contributed by atoms with Crippen LogP contribution < -0.4 is 11.5 Å². The van der Waals surface area contributed by atoms with Crippen LogP contribution in [0.1, 0.15) is 11.1 Å². The Hall–Kier alpha value is -2.22. The fourth-order valence-electron chi connectivity index (χ4n) is 1.51. The molecule has 2 nitrogen and oxygen atoms in total. The highest BCUT2D eigenvalue weighted by molar-refractivity contribution is 5.43. The molecule has 88 valence electrons. The summed E-state index contributed by atoms with van der Waals surface area (Å²) in [6, 6.07) is 15.9. The lowest BCUT2D eigenvalue weighted by Gasteiger charge is -2.02. The van der Waals surface area contributed by atoms with Crippen molar-refractivity contribution in [3.05, 3.63) is 72.8 Å². The summed E-state index contributed by atoms with van der Waals surface area (Å²) < 4.78 is 0. The van der Waals surface area contributed by atoms with Gasteiger partial charge in [0.1, 0.15) is 0 Å². The van der Waals surface area contributed by atoms with Crippen LogP contribution in [-0.4, -0.2) is 0 Å². The molecule has 0 unspecified atom stereocenters. The van der Waals surface area contributed by atoms with Crippen LogP contribution in [0.5, 0.6) is 0 Å². The molecule has 2 aromatic rings. The molecule has 0 aromatic heterocycles. The fourth-order valence-corrected chi connectivity index (χ4v) is 1.51. The Balaban J connectivity index is 0.000000686. The minimum atomic E-state index is 0.802. The van der Waals surface area contributed by atoms with Crippen LogP contribution in [0.15, 0.2) is 61.7 Å².